The number of rotatable bonds is 5. The van der Waals surface area contributed by atoms with Gasteiger partial charge in [0.25, 0.3) is 0 Å². The summed E-state index contributed by atoms with van der Waals surface area (Å²) in [6.07, 6.45) is 5.54. The van der Waals surface area contributed by atoms with Gasteiger partial charge >= 0.3 is 23.9 Å². The van der Waals surface area contributed by atoms with Crippen molar-refractivity contribution in [2.75, 3.05) is 28.4 Å². The summed E-state index contributed by atoms with van der Waals surface area (Å²) in [4.78, 5) is 51.6. The van der Waals surface area contributed by atoms with Gasteiger partial charge in [-0.2, -0.15) is 0 Å². The Morgan fingerprint density at radius 2 is 1.43 bits per heavy atom. The summed E-state index contributed by atoms with van der Waals surface area (Å²) in [5.41, 5.74) is 0.0471. The number of allylic oxidation sites excluding steroid dienone is 3. The molecule has 0 N–H and O–H groups in total. The molecule has 0 bridgehead atoms. The van der Waals surface area contributed by atoms with E-state index >= 15 is 0 Å². The molecule has 0 aliphatic carbocycles. The molecular weight excluding hydrogens is 370 g/mol. The summed E-state index contributed by atoms with van der Waals surface area (Å²) in [5, 5.41) is 0. The lowest BCUT2D eigenvalue weighted by Crippen LogP contribution is -2.47. The van der Waals surface area contributed by atoms with Gasteiger partial charge in [-0.3, -0.25) is 0 Å². The SMILES string of the molecule is CCC1=CN2C(=C(C(=O)OC)C(C(=O)OC)=C(C(=O)OC)C2C(=O)OC)C=C1. The Balaban J connectivity index is 2.95. The third-order valence-corrected chi connectivity index (χ3v) is 4.38. The van der Waals surface area contributed by atoms with Gasteiger partial charge in [0.2, 0.25) is 0 Å². The highest BCUT2D eigenvalue weighted by atomic mass is 16.5. The number of carbonyl (C=O) groups is 4. The highest BCUT2D eigenvalue weighted by Gasteiger charge is 2.47. The van der Waals surface area contributed by atoms with Crippen LogP contribution in [0.5, 0.6) is 0 Å². The Morgan fingerprint density at radius 1 is 0.857 bits per heavy atom. The number of carbonyl (C=O) groups excluding carboxylic acids is 4. The van der Waals surface area contributed by atoms with Crippen LogP contribution in [-0.2, 0) is 38.1 Å². The number of ether oxygens (including phenoxy) is 4. The molecule has 150 valence electrons. The monoisotopic (exact) mass is 391 g/mol. The van der Waals surface area contributed by atoms with E-state index in [0.29, 0.717) is 6.42 Å². The zero-order chi connectivity index (χ0) is 21.0. The predicted molar refractivity (Wildman–Crippen MR) is 95.3 cm³/mol. The number of hydrogen-bond donors (Lipinski definition) is 0. The summed E-state index contributed by atoms with van der Waals surface area (Å²) >= 11 is 0. The molecule has 2 aliphatic rings. The van der Waals surface area contributed by atoms with Gasteiger partial charge in [0, 0.05) is 6.20 Å². The van der Waals surface area contributed by atoms with Crippen molar-refractivity contribution in [1.82, 2.24) is 4.90 Å². The lowest BCUT2D eigenvalue weighted by molar-refractivity contribution is -0.148. The first kappa shape index (κ1) is 20.9. The molecule has 28 heavy (non-hydrogen) atoms. The van der Waals surface area contributed by atoms with E-state index in [9.17, 15) is 19.2 Å². The van der Waals surface area contributed by atoms with Crippen molar-refractivity contribution in [2.24, 2.45) is 0 Å². The van der Waals surface area contributed by atoms with Crippen molar-refractivity contribution < 1.29 is 38.1 Å². The molecule has 1 atom stereocenters. The van der Waals surface area contributed by atoms with Crippen LogP contribution in [0.15, 0.2) is 46.3 Å². The quantitative estimate of drug-likeness (QED) is 0.496. The molecule has 0 fully saturated rings. The molecule has 2 heterocycles. The van der Waals surface area contributed by atoms with Crippen LogP contribution < -0.4 is 0 Å². The number of esters is 4. The number of methoxy groups -OCH3 is 4. The second-order valence-corrected chi connectivity index (χ2v) is 5.75. The van der Waals surface area contributed by atoms with E-state index in [4.69, 9.17) is 18.9 Å². The van der Waals surface area contributed by atoms with Crippen molar-refractivity contribution in [2.45, 2.75) is 19.4 Å². The zero-order valence-electron chi connectivity index (χ0n) is 16.2. The summed E-state index contributed by atoms with van der Waals surface area (Å²) in [5.74, 6) is -3.65. The molecular formula is C19H21NO8. The van der Waals surface area contributed by atoms with Crippen molar-refractivity contribution in [3.8, 4) is 0 Å². The van der Waals surface area contributed by atoms with E-state index < -0.39 is 35.5 Å². The number of nitrogens with zero attached hydrogens (tertiary/aromatic N) is 1. The third kappa shape index (κ3) is 3.42. The van der Waals surface area contributed by atoms with Crippen molar-refractivity contribution in [1.29, 1.82) is 0 Å². The maximum Gasteiger partial charge on any atom is 0.340 e. The fourth-order valence-corrected chi connectivity index (χ4v) is 3.03. The molecule has 1 unspecified atom stereocenters. The van der Waals surface area contributed by atoms with Crippen molar-refractivity contribution in [3.63, 3.8) is 0 Å². The number of hydrogen-bond acceptors (Lipinski definition) is 9. The van der Waals surface area contributed by atoms with E-state index in [-0.39, 0.29) is 16.8 Å². The Hall–Kier alpha value is -3.36. The van der Waals surface area contributed by atoms with Gasteiger partial charge < -0.3 is 23.8 Å². The van der Waals surface area contributed by atoms with Gasteiger partial charge in [-0.15, -0.1) is 0 Å². The summed E-state index contributed by atoms with van der Waals surface area (Å²) < 4.78 is 19.2. The lowest BCUT2D eigenvalue weighted by atomic mass is 9.86. The molecule has 0 saturated carbocycles. The van der Waals surface area contributed by atoms with Crippen LogP contribution in [-0.4, -0.2) is 63.3 Å². The molecule has 0 aromatic heterocycles. The van der Waals surface area contributed by atoms with Gasteiger partial charge in [0.05, 0.1) is 50.9 Å². The van der Waals surface area contributed by atoms with E-state index in [1.54, 1.807) is 18.4 Å². The molecule has 9 nitrogen and oxygen atoms in total. The molecule has 0 amide bonds. The average molecular weight is 391 g/mol. The van der Waals surface area contributed by atoms with Gasteiger partial charge in [0.15, 0.2) is 6.04 Å². The summed E-state index contributed by atoms with van der Waals surface area (Å²) in [7, 11) is 4.48. The summed E-state index contributed by atoms with van der Waals surface area (Å²) in [6.45, 7) is 1.90. The van der Waals surface area contributed by atoms with Gasteiger partial charge in [-0.25, -0.2) is 19.2 Å². The van der Waals surface area contributed by atoms with Gasteiger partial charge in [-0.1, -0.05) is 13.0 Å². The normalized spacial score (nSPS) is 18.2. The fraction of sp³-hybridized carbons (Fsp3) is 0.368. The minimum absolute atomic E-state index is 0.201. The summed E-state index contributed by atoms with van der Waals surface area (Å²) in [6, 6.07) is -1.35. The van der Waals surface area contributed by atoms with Crippen LogP contribution in [0.4, 0.5) is 0 Å². The minimum atomic E-state index is -1.35. The van der Waals surface area contributed by atoms with Crippen LogP contribution in [0.3, 0.4) is 0 Å². The maximum absolute atomic E-state index is 12.6. The average Bonchev–Trinajstić information content (AvgIpc) is 2.74. The highest BCUT2D eigenvalue weighted by Crippen LogP contribution is 2.38. The molecule has 0 radical (unpaired) electrons. The zero-order valence-corrected chi connectivity index (χ0v) is 16.2. The standard InChI is InChI=1S/C19H21NO8/c1-6-10-7-8-11-12(16(21)25-2)13(17(22)26-3)14(18(23)27-4)15(19(24)28-5)20(11)9-10/h7-9,15H,6H2,1-5H3. The molecule has 0 spiro atoms. The van der Waals surface area contributed by atoms with E-state index in [2.05, 4.69) is 0 Å². The highest BCUT2D eigenvalue weighted by molar-refractivity contribution is 6.15. The first-order valence-corrected chi connectivity index (χ1v) is 8.34. The topological polar surface area (TPSA) is 108 Å². The maximum atomic E-state index is 12.6. The number of fused-ring (bicyclic) bond motifs is 1. The molecule has 2 rings (SSSR count). The molecule has 2 aliphatic heterocycles. The van der Waals surface area contributed by atoms with E-state index in [1.807, 2.05) is 6.92 Å². The van der Waals surface area contributed by atoms with Crippen LogP contribution in [0, 0.1) is 0 Å². The Bertz CT molecular complexity index is 846. The van der Waals surface area contributed by atoms with E-state index in [0.717, 1.165) is 34.0 Å². The van der Waals surface area contributed by atoms with Crippen molar-refractivity contribution in [3.05, 3.63) is 46.3 Å². The third-order valence-electron chi connectivity index (χ3n) is 4.38. The van der Waals surface area contributed by atoms with Gasteiger partial charge in [-0.05, 0) is 18.1 Å². The van der Waals surface area contributed by atoms with Crippen LogP contribution in [0.1, 0.15) is 13.3 Å². The fourth-order valence-electron chi connectivity index (χ4n) is 3.03. The first-order chi connectivity index (χ1) is 13.4. The smallest absolute Gasteiger partial charge is 0.340 e. The Kier molecular flexibility index (Phi) is 6.40. The predicted octanol–water partition coefficient (Wildman–Crippen LogP) is 0.777. The van der Waals surface area contributed by atoms with Gasteiger partial charge in [0.1, 0.15) is 0 Å². The largest absolute Gasteiger partial charge is 0.467 e. The van der Waals surface area contributed by atoms with Crippen molar-refractivity contribution >= 4 is 23.9 Å². The molecule has 0 saturated heterocycles. The van der Waals surface area contributed by atoms with Crippen LogP contribution >= 0.6 is 0 Å². The lowest BCUT2D eigenvalue weighted by Gasteiger charge is -2.38. The minimum Gasteiger partial charge on any atom is -0.467 e. The molecule has 0 aromatic carbocycles. The van der Waals surface area contributed by atoms with Crippen LogP contribution in [0.2, 0.25) is 0 Å². The first-order valence-electron chi connectivity index (χ1n) is 8.34. The molecule has 0 aromatic rings. The Labute approximate surface area is 161 Å². The molecule has 9 heteroatoms. The van der Waals surface area contributed by atoms with E-state index in [1.165, 1.54) is 4.90 Å². The van der Waals surface area contributed by atoms with Crippen LogP contribution in [0.25, 0.3) is 0 Å². The second kappa shape index (κ2) is 8.55. The Morgan fingerprint density at radius 3 is 1.93 bits per heavy atom. The second-order valence-electron chi connectivity index (χ2n) is 5.75.